The van der Waals surface area contributed by atoms with E-state index in [2.05, 4.69) is 128 Å². The van der Waals surface area contributed by atoms with E-state index in [1.54, 1.807) is 11.1 Å². The molecule has 3 rings (SSSR count). The Hall–Kier alpha value is 1.20. The van der Waals surface area contributed by atoms with Crippen molar-refractivity contribution in [2.24, 2.45) is 32.5 Å². The largest absolute Gasteiger partial charge is 0.0779 e. The number of allylic oxidation sites excluding steroid dienone is 2. The fourth-order valence-electron chi connectivity index (χ4n) is 8.60. The molecular weight excluding hydrogens is 530 g/mol. The van der Waals surface area contributed by atoms with E-state index in [1.807, 2.05) is 0 Å². The monoisotopic (exact) mass is 568 g/mol. The van der Waals surface area contributed by atoms with Crippen LogP contribution in [-0.4, -0.2) is 6.84 Å². The molecule has 2 saturated carbocycles. The summed E-state index contributed by atoms with van der Waals surface area (Å²) in [6, 6.07) is 0. The molecule has 144 valence electrons. The maximum absolute atomic E-state index is 2.90. The van der Waals surface area contributed by atoms with Crippen molar-refractivity contribution in [1.29, 1.82) is 0 Å². The SMILES string of the molecule is CC1=C(C)C2(I)CC3(C)C(C)(C)C2(C)C(C)(I)C(C)(C)C3(C)C1(C)C. The molecule has 3 aliphatic carbocycles. The Balaban J connectivity index is 2.68. The molecule has 0 amide bonds. The molecular formula is C23H38I2. The predicted octanol–water partition coefficient (Wildman–Crippen LogP) is 8.22. The summed E-state index contributed by atoms with van der Waals surface area (Å²) < 4.78 is 0.415. The van der Waals surface area contributed by atoms with E-state index in [0.29, 0.717) is 0 Å². The fraction of sp³-hybridized carbons (Fsp3) is 0.913. The van der Waals surface area contributed by atoms with Gasteiger partial charge in [0.25, 0.3) is 0 Å². The summed E-state index contributed by atoms with van der Waals surface area (Å²) >= 11 is 5.79. The van der Waals surface area contributed by atoms with Crippen molar-refractivity contribution < 1.29 is 0 Å². The lowest BCUT2D eigenvalue weighted by Gasteiger charge is -2.78. The van der Waals surface area contributed by atoms with Crippen molar-refractivity contribution in [1.82, 2.24) is 0 Å². The molecule has 0 aromatic heterocycles. The second-order valence-electron chi connectivity index (χ2n) is 11.7. The van der Waals surface area contributed by atoms with Gasteiger partial charge in [0.15, 0.2) is 0 Å². The van der Waals surface area contributed by atoms with Crippen molar-refractivity contribution in [3.05, 3.63) is 11.1 Å². The van der Waals surface area contributed by atoms with E-state index in [4.69, 9.17) is 0 Å². The highest BCUT2D eigenvalue weighted by Crippen LogP contribution is 2.92. The van der Waals surface area contributed by atoms with E-state index < -0.39 is 0 Å². The zero-order valence-corrected chi connectivity index (χ0v) is 22.8. The highest BCUT2D eigenvalue weighted by molar-refractivity contribution is 14.1. The fourth-order valence-corrected chi connectivity index (χ4v) is 13.2. The normalized spacial score (nSPS) is 55.4. The molecule has 2 heteroatoms. The topological polar surface area (TPSA) is 0 Å². The van der Waals surface area contributed by atoms with Crippen molar-refractivity contribution in [3.63, 3.8) is 0 Å². The highest BCUT2D eigenvalue weighted by Gasteiger charge is 2.88. The molecule has 0 aliphatic heterocycles. The van der Waals surface area contributed by atoms with Gasteiger partial charge in [-0.25, -0.2) is 0 Å². The molecule has 0 nitrogen and oxygen atoms in total. The van der Waals surface area contributed by atoms with E-state index in [9.17, 15) is 0 Å². The molecule has 0 aromatic rings. The number of fused-ring (bicyclic) bond motifs is 3. The van der Waals surface area contributed by atoms with Gasteiger partial charge in [0.1, 0.15) is 0 Å². The van der Waals surface area contributed by atoms with Crippen molar-refractivity contribution in [2.45, 2.75) is 96.3 Å². The molecule has 0 aromatic carbocycles. The molecule has 3 aliphatic rings. The Kier molecular flexibility index (Phi) is 3.91. The van der Waals surface area contributed by atoms with Gasteiger partial charge >= 0.3 is 0 Å². The molecule has 0 heterocycles. The second kappa shape index (κ2) is 4.67. The first-order valence-electron chi connectivity index (χ1n) is 9.84. The zero-order valence-electron chi connectivity index (χ0n) is 18.5. The van der Waals surface area contributed by atoms with Gasteiger partial charge in [-0.15, -0.1) is 0 Å². The smallest absolute Gasteiger partial charge is 0.0507 e. The standard InChI is InChI=1S/C23H38I2/c1-14-15(2)23(25)13-19(9)17(5,6)21(23,11)22(12,24)18(7,8)20(19,10)16(14,3)4/h13H2,1-12H3. The molecule has 0 spiro atoms. The summed E-state index contributed by atoms with van der Waals surface area (Å²) in [5.74, 6) is 0. The molecule has 0 N–H and O–H groups in total. The minimum absolute atomic E-state index is 0.174. The maximum atomic E-state index is 2.90. The Bertz CT molecular complexity index is 689. The van der Waals surface area contributed by atoms with E-state index in [-0.39, 0.29) is 39.3 Å². The number of hydrogen-bond acceptors (Lipinski definition) is 0. The molecule has 0 radical (unpaired) electrons. The van der Waals surface area contributed by atoms with E-state index >= 15 is 0 Å². The summed E-state index contributed by atoms with van der Waals surface area (Å²) in [6.45, 7) is 30.9. The van der Waals surface area contributed by atoms with Gasteiger partial charge in [0, 0.05) is 8.84 Å². The van der Waals surface area contributed by atoms with Gasteiger partial charge in [0.05, 0.1) is 3.42 Å². The summed E-state index contributed by atoms with van der Waals surface area (Å²) in [5.41, 5.74) is 4.70. The Morgan fingerprint density at radius 3 is 1.52 bits per heavy atom. The van der Waals surface area contributed by atoms with Gasteiger partial charge in [0.2, 0.25) is 0 Å². The first kappa shape index (κ1) is 20.9. The third kappa shape index (κ3) is 1.50. The summed E-state index contributed by atoms with van der Waals surface area (Å²) in [5, 5.41) is 0. The Morgan fingerprint density at radius 2 is 1.08 bits per heavy atom. The van der Waals surface area contributed by atoms with Gasteiger partial charge in [-0.05, 0) is 54.3 Å². The predicted molar refractivity (Wildman–Crippen MR) is 128 cm³/mol. The number of alkyl halides is 2. The van der Waals surface area contributed by atoms with Crippen LogP contribution in [0.15, 0.2) is 11.1 Å². The minimum atomic E-state index is 0.174. The van der Waals surface area contributed by atoms with Crippen molar-refractivity contribution >= 4 is 45.2 Å². The molecule has 5 unspecified atom stereocenters. The summed E-state index contributed by atoms with van der Waals surface area (Å²) in [4.78, 5) is 0. The van der Waals surface area contributed by atoms with Gasteiger partial charge in [-0.2, -0.15) is 0 Å². The Morgan fingerprint density at radius 1 is 0.640 bits per heavy atom. The molecule has 0 saturated heterocycles. The maximum Gasteiger partial charge on any atom is 0.0507 e. The average Bonchev–Trinajstić information content (AvgIpc) is 2.57. The summed E-state index contributed by atoms with van der Waals surface area (Å²) in [6.07, 6.45) is 1.30. The lowest BCUT2D eigenvalue weighted by atomic mass is 9.28. The van der Waals surface area contributed by atoms with Crippen LogP contribution in [0.2, 0.25) is 0 Å². The van der Waals surface area contributed by atoms with Crippen LogP contribution in [-0.2, 0) is 0 Å². The van der Waals surface area contributed by atoms with Crippen molar-refractivity contribution in [3.8, 4) is 0 Å². The summed E-state index contributed by atoms with van der Waals surface area (Å²) in [7, 11) is 0. The van der Waals surface area contributed by atoms with Crippen LogP contribution in [0.5, 0.6) is 0 Å². The molecule has 5 atom stereocenters. The lowest BCUT2D eigenvalue weighted by Crippen LogP contribution is -2.76. The quantitative estimate of drug-likeness (QED) is 0.157. The molecule has 25 heavy (non-hydrogen) atoms. The zero-order chi connectivity index (χ0) is 19.9. The van der Waals surface area contributed by atoms with Gasteiger partial charge in [-0.1, -0.05) is 119 Å². The van der Waals surface area contributed by atoms with E-state index in [1.165, 1.54) is 6.42 Å². The van der Waals surface area contributed by atoms with Gasteiger partial charge in [-0.3, -0.25) is 0 Å². The third-order valence-corrected chi connectivity index (χ3v) is 16.5. The number of hydrogen-bond donors (Lipinski definition) is 0. The number of rotatable bonds is 0. The first-order valence-corrected chi connectivity index (χ1v) is 12.0. The molecule has 2 fully saturated rings. The van der Waals surface area contributed by atoms with Crippen LogP contribution in [0, 0.1) is 32.5 Å². The van der Waals surface area contributed by atoms with Crippen molar-refractivity contribution in [2.75, 3.05) is 0 Å². The van der Waals surface area contributed by atoms with E-state index in [0.717, 1.165) is 0 Å². The third-order valence-electron chi connectivity index (χ3n) is 11.8. The van der Waals surface area contributed by atoms with Crippen LogP contribution in [0.3, 0.4) is 0 Å². The van der Waals surface area contributed by atoms with Crippen LogP contribution in [0.1, 0.15) is 89.5 Å². The van der Waals surface area contributed by atoms with Crippen LogP contribution >= 0.6 is 45.2 Å². The van der Waals surface area contributed by atoms with Crippen LogP contribution in [0.4, 0.5) is 0 Å². The Labute approximate surface area is 184 Å². The average molecular weight is 568 g/mol. The van der Waals surface area contributed by atoms with Gasteiger partial charge < -0.3 is 0 Å². The minimum Gasteiger partial charge on any atom is -0.0779 e. The van der Waals surface area contributed by atoms with Crippen LogP contribution in [0.25, 0.3) is 0 Å². The number of halogens is 2. The lowest BCUT2D eigenvalue weighted by molar-refractivity contribution is -0.245. The first-order chi connectivity index (χ1) is 10.8. The highest BCUT2D eigenvalue weighted by atomic mass is 127. The second-order valence-corrected chi connectivity index (χ2v) is 15.7. The molecule has 3 bridgehead atoms. The van der Waals surface area contributed by atoms with Crippen LogP contribution < -0.4 is 0 Å².